The van der Waals surface area contributed by atoms with E-state index in [1.54, 1.807) is 31.3 Å². The van der Waals surface area contributed by atoms with Crippen molar-refractivity contribution in [2.45, 2.75) is 19.8 Å². The number of rotatable bonds is 9. The van der Waals surface area contributed by atoms with Crippen LogP contribution in [0, 0.1) is 6.92 Å². The molecule has 0 unspecified atom stereocenters. The third-order valence-corrected chi connectivity index (χ3v) is 6.91. The zero-order valence-corrected chi connectivity index (χ0v) is 23.4. The van der Waals surface area contributed by atoms with Crippen molar-refractivity contribution in [3.8, 4) is 22.5 Å². The lowest BCUT2D eigenvalue weighted by atomic mass is 9.97. The van der Waals surface area contributed by atoms with E-state index >= 15 is 0 Å². The number of hydrogen-bond donors (Lipinski definition) is 3. The van der Waals surface area contributed by atoms with Crippen molar-refractivity contribution in [3.63, 3.8) is 0 Å². The number of furan rings is 1. The summed E-state index contributed by atoms with van der Waals surface area (Å²) in [7, 11) is 1.56. The summed E-state index contributed by atoms with van der Waals surface area (Å²) in [6.07, 6.45) is 1.28. The van der Waals surface area contributed by atoms with Crippen molar-refractivity contribution in [1.82, 2.24) is 15.6 Å². The molecule has 3 N–H and O–H groups in total. The van der Waals surface area contributed by atoms with Gasteiger partial charge in [-0.3, -0.25) is 14.6 Å². The van der Waals surface area contributed by atoms with Gasteiger partial charge in [0.15, 0.2) is 0 Å². The lowest BCUT2D eigenvalue weighted by Crippen LogP contribution is -2.35. The minimum absolute atomic E-state index is 0.214. The van der Waals surface area contributed by atoms with Crippen LogP contribution in [-0.4, -0.2) is 36.9 Å². The van der Waals surface area contributed by atoms with Crippen LogP contribution >= 0.6 is 0 Å². The molecular formula is C33H30F2N4O3. The summed E-state index contributed by atoms with van der Waals surface area (Å²) < 4.78 is 35.5. The average molecular weight is 569 g/mol. The molecule has 42 heavy (non-hydrogen) atoms. The van der Waals surface area contributed by atoms with E-state index in [2.05, 4.69) is 20.9 Å². The van der Waals surface area contributed by atoms with Crippen molar-refractivity contribution in [1.29, 1.82) is 0 Å². The number of hydrogen-bond acceptors (Lipinski definition) is 5. The fourth-order valence-corrected chi connectivity index (χ4v) is 4.77. The van der Waals surface area contributed by atoms with Gasteiger partial charge in [-0.2, -0.15) is 8.78 Å². The molecule has 0 radical (unpaired) electrons. The van der Waals surface area contributed by atoms with Crippen molar-refractivity contribution in [3.05, 3.63) is 107 Å². The highest BCUT2D eigenvalue weighted by atomic mass is 19.3. The Hall–Kier alpha value is -5.05. The first-order chi connectivity index (χ1) is 20.2. The fraction of sp³-hybridized carbons (Fsp3) is 0.182. The molecule has 0 bridgehead atoms. The molecule has 5 aromatic rings. The van der Waals surface area contributed by atoms with Gasteiger partial charge in [0.1, 0.15) is 17.0 Å². The highest BCUT2D eigenvalue weighted by Gasteiger charge is 2.33. The molecule has 0 atom stereocenters. The minimum Gasteiger partial charge on any atom is -0.455 e. The van der Waals surface area contributed by atoms with Gasteiger partial charge in [-0.05, 0) is 49.7 Å². The maximum absolute atomic E-state index is 14.6. The van der Waals surface area contributed by atoms with Crippen LogP contribution in [0.4, 0.5) is 14.5 Å². The number of nitrogens with one attached hydrogen (secondary N) is 3. The lowest BCUT2D eigenvalue weighted by molar-refractivity contribution is -0.00676. The number of halogens is 2. The molecule has 2 aromatic heterocycles. The van der Waals surface area contributed by atoms with Gasteiger partial charge in [0, 0.05) is 53.6 Å². The summed E-state index contributed by atoms with van der Waals surface area (Å²) in [5.74, 6) is -3.82. The van der Waals surface area contributed by atoms with Crippen molar-refractivity contribution < 1.29 is 22.8 Å². The second-order valence-corrected chi connectivity index (χ2v) is 9.86. The Morgan fingerprint density at radius 2 is 1.71 bits per heavy atom. The van der Waals surface area contributed by atoms with E-state index in [-0.39, 0.29) is 11.5 Å². The summed E-state index contributed by atoms with van der Waals surface area (Å²) >= 11 is 0. The van der Waals surface area contributed by atoms with Crippen LogP contribution in [0.25, 0.3) is 33.4 Å². The molecule has 0 spiro atoms. The van der Waals surface area contributed by atoms with Crippen LogP contribution in [0.15, 0.2) is 89.5 Å². The van der Waals surface area contributed by atoms with E-state index in [9.17, 15) is 18.4 Å². The molecule has 9 heteroatoms. The van der Waals surface area contributed by atoms with Gasteiger partial charge in [0.2, 0.25) is 0 Å². The van der Waals surface area contributed by atoms with E-state index in [1.807, 2.05) is 56.3 Å². The average Bonchev–Trinajstić information content (AvgIpc) is 3.38. The predicted octanol–water partition coefficient (Wildman–Crippen LogP) is 6.78. The monoisotopic (exact) mass is 568 g/mol. The Kier molecular flexibility index (Phi) is 8.01. The highest BCUT2D eigenvalue weighted by molar-refractivity contribution is 6.13. The normalized spacial score (nSPS) is 11.4. The molecule has 0 fully saturated rings. The maximum atomic E-state index is 14.6. The molecule has 0 aliphatic carbocycles. The van der Waals surface area contributed by atoms with Crippen LogP contribution in [0.1, 0.15) is 38.9 Å². The van der Waals surface area contributed by atoms with E-state index < -0.39 is 24.1 Å². The number of aromatic nitrogens is 1. The largest absolute Gasteiger partial charge is 0.455 e. The van der Waals surface area contributed by atoms with Gasteiger partial charge in [-0.15, -0.1) is 0 Å². The number of alkyl halides is 2. The summed E-state index contributed by atoms with van der Waals surface area (Å²) in [4.78, 5) is 29.8. The predicted molar refractivity (Wildman–Crippen MR) is 160 cm³/mol. The summed E-state index contributed by atoms with van der Waals surface area (Å²) in [6, 6.07) is 22.4. The summed E-state index contributed by atoms with van der Waals surface area (Å²) in [6.45, 7) is 3.65. The molecule has 0 saturated carbocycles. The van der Waals surface area contributed by atoms with Gasteiger partial charge in [-0.1, -0.05) is 48.0 Å². The summed E-state index contributed by atoms with van der Waals surface area (Å²) in [5.41, 5.74) is 4.68. The minimum atomic E-state index is -3.33. The molecule has 5 rings (SSSR count). The molecule has 0 aliphatic heterocycles. The fourth-order valence-electron chi connectivity index (χ4n) is 4.77. The van der Waals surface area contributed by atoms with Crippen LogP contribution in [-0.2, 0) is 5.92 Å². The first kappa shape index (κ1) is 28.5. The van der Waals surface area contributed by atoms with Crippen LogP contribution < -0.4 is 16.0 Å². The standard InChI is InChI=1S/C33H30F2N4O3/c1-4-37-26-18-27-25(29(32(41)36-3)30(42-27)21-13-11-20(2)12-14-21)17-24(26)22-8-7-9-23(16-22)31(40)39-19-33(34,35)28-10-5-6-15-38-28/h5-18,37H,4,19H2,1-3H3,(H,36,41)(H,39,40). The number of fused-ring (bicyclic) bond motifs is 1. The van der Waals surface area contributed by atoms with E-state index in [1.165, 1.54) is 18.3 Å². The number of benzene rings is 3. The van der Waals surface area contributed by atoms with Crippen molar-refractivity contribution in [2.75, 3.05) is 25.5 Å². The topological polar surface area (TPSA) is 96.3 Å². The van der Waals surface area contributed by atoms with Crippen LogP contribution in [0.3, 0.4) is 0 Å². The van der Waals surface area contributed by atoms with Gasteiger partial charge in [0.05, 0.1) is 12.1 Å². The van der Waals surface area contributed by atoms with Gasteiger partial charge >= 0.3 is 5.92 Å². The zero-order chi connectivity index (χ0) is 29.9. The molecule has 3 aromatic carbocycles. The van der Waals surface area contributed by atoms with Gasteiger partial charge in [-0.25, -0.2) is 0 Å². The lowest BCUT2D eigenvalue weighted by Gasteiger charge is -2.17. The molecule has 0 saturated heterocycles. The van der Waals surface area contributed by atoms with E-state index in [4.69, 9.17) is 4.42 Å². The number of anilines is 1. The Balaban J connectivity index is 1.54. The Bertz CT molecular complexity index is 1750. The van der Waals surface area contributed by atoms with Gasteiger partial charge < -0.3 is 20.4 Å². The smallest absolute Gasteiger partial charge is 0.306 e. The summed E-state index contributed by atoms with van der Waals surface area (Å²) in [5, 5.41) is 8.97. The highest BCUT2D eigenvalue weighted by Crippen LogP contribution is 2.40. The second kappa shape index (κ2) is 11.8. The molecule has 2 amide bonds. The molecule has 2 heterocycles. The second-order valence-electron chi connectivity index (χ2n) is 9.86. The SMILES string of the molecule is CCNc1cc2oc(-c3ccc(C)cc3)c(C(=O)NC)c2cc1-c1cccc(C(=O)NCC(F)(F)c2ccccn2)c1. The number of carbonyl (C=O) groups excluding carboxylic acids is 2. The number of pyridine rings is 1. The number of carbonyl (C=O) groups is 2. The first-order valence-electron chi connectivity index (χ1n) is 13.5. The van der Waals surface area contributed by atoms with Crippen LogP contribution in [0.2, 0.25) is 0 Å². The Labute approximate surface area is 242 Å². The Morgan fingerprint density at radius 1 is 0.929 bits per heavy atom. The number of nitrogens with zero attached hydrogens (tertiary/aromatic N) is 1. The van der Waals surface area contributed by atoms with E-state index in [0.717, 1.165) is 22.4 Å². The third kappa shape index (κ3) is 5.72. The number of amides is 2. The molecule has 214 valence electrons. The van der Waals surface area contributed by atoms with Crippen molar-refractivity contribution in [2.24, 2.45) is 0 Å². The first-order valence-corrected chi connectivity index (χ1v) is 13.5. The Morgan fingerprint density at radius 3 is 2.40 bits per heavy atom. The maximum Gasteiger partial charge on any atom is 0.306 e. The van der Waals surface area contributed by atoms with Crippen molar-refractivity contribution >= 4 is 28.5 Å². The molecule has 0 aliphatic rings. The third-order valence-electron chi connectivity index (χ3n) is 6.91. The molecular weight excluding hydrogens is 538 g/mol. The van der Waals surface area contributed by atoms with Gasteiger partial charge in [0.25, 0.3) is 11.8 Å². The van der Waals surface area contributed by atoms with Crippen LogP contribution in [0.5, 0.6) is 0 Å². The zero-order valence-electron chi connectivity index (χ0n) is 23.4. The number of aryl methyl sites for hydroxylation is 1. The molecule has 7 nitrogen and oxygen atoms in total. The van der Waals surface area contributed by atoms with E-state index in [0.29, 0.717) is 34.4 Å². The quantitative estimate of drug-likeness (QED) is 0.182.